The summed E-state index contributed by atoms with van der Waals surface area (Å²) in [5.41, 5.74) is 4.10. The van der Waals surface area contributed by atoms with Crippen LogP contribution in [0.4, 0.5) is 11.4 Å². The fourth-order valence-electron chi connectivity index (χ4n) is 2.62. The van der Waals surface area contributed by atoms with E-state index < -0.39 is 5.97 Å². The van der Waals surface area contributed by atoms with Crippen LogP contribution < -0.4 is 5.32 Å². The second-order valence-corrected chi connectivity index (χ2v) is 7.27. The first-order chi connectivity index (χ1) is 13.5. The normalized spacial score (nSPS) is 10.4. The molecule has 5 nitrogen and oxygen atoms in total. The summed E-state index contributed by atoms with van der Waals surface area (Å²) in [5.74, 6) is -0.781. The lowest BCUT2D eigenvalue weighted by atomic mass is 10.1. The Morgan fingerprint density at radius 1 is 1.07 bits per heavy atom. The zero-order valence-corrected chi connectivity index (χ0v) is 16.7. The van der Waals surface area contributed by atoms with Gasteiger partial charge in [0.15, 0.2) is 6.61 Å². The number of anilines is 2. The van der Waals surface area contributed by atoms with Crippen molar-refractivity contribution in [2.45, 2.75) is 13.5 Å². The molecule has 0 aliphatic carbocycles. The van der Waals surface area contributed by atoms with Crippen LogP contribution in [0.15, 0.2) is 65.4 Å². The fraction of sp³-hybridized carbons (Fsp3) is 0.182. The van der Waals surface area contributed by atoms with Crippen molar-refractivity contribution >= 4 is 34.6 Å². The standard InChI is InChI=1S/C22H22N2O3S/c1-16-7-9-18(10-8-16)23-20-6-4-3-5-19(20)22(26)27-14-21(25)24(2)13-17-11-12-28-15-17/h3-12,15,23H,13-14H2,1-2H3. The highest BCUT2D eigenvalue weighted by atomic mass is 32.1. The topological polar surface area (TPSA) is 58.6 Å². The van der Waals surface area contributed by atoms with Crippen LogP contribution in [-0.4, -0.2) is 30.4 Å². The Kier molecular flexibility index (Phi) is 6.45. The van der Waals surface area contributed by atoms with Crippen molar-refractivity contribution in [3.63, 3.8) is 0 Å². The van der Waals surface area contributed by atoms with E-state index in [1.165, 1.54) is 0 Å². The van der Waals surface area contributed by atoms with Crippen LogP contribution >= 0.6 is 11.3 Å². The number of hydrogen-bond donors (Lipinski definition) is 1. The molecule has 6 heteroatoms. The molecule has 28 heavy (non-hydrogen) atoms. The summed E-state index contributed by atoms with van der Waals surface area (Å²) in [5, 5.41) is 7.18. The van der Waals surface area contributed by atoms with Crippen LogP contribution in [0, 0.1) is 6.92 Å². The molecule has 2 aromatic carbocycles. The quantitative estimate of drug-likeness (QED) is 0.594. The van der Waals surface area contributed by atoms with E-state index in [1.54, 1.807) is 41.5 Å². The van der Waals surface area contributed by atoms with Gasteiger partial charge in [-0.25, -0.2) is 4.79 Å². The third kappa shape index (κ3) is 5.20. The molecule has 0 unspecified atom stereocenters. The van der Waals surface area contributed by atoms with Crippen molar-refractivity contribution in [3.8, 4) is 0 Å². The molecule has 0 saturated heterocycles. The number of esters is 1. The first kappa shape index (κ1) is 19.6. The number of nitrogens with zero attached hydrogens (tertiary/aromatic N) is 1. The van der Waals surface area contributed by atoms with Crippen LogP contribution in [0.3, 0.4) is 0 Å². The molecule has 3 rings (SSSR count). The van der Waals surface area contributed by atoms with Crippen LogP contribution in [0.25, 0.3) is 0 Å². The maximum Gasteiger partial charge on any atom is 0.340 e. The van der Waals surface area contributed by atoms with Gasteiger partial charge in [-0.05, 0) is 53.6 Å². The highest BCUT2D eigenvalue weighted by Crippen LogP contribution is 2.22. The number of para-hydroxylation sites is 1. The molecule has 1 heterocycles. The first-order valence-electron chi connectivity index (χ1n) is 8.88. The number of aryl methyl sites for hydroxylation is 1. The fourth-order valence-corrected chi connectivity index (χ4v) is 3.28. The van der Waals surface area contributed by atoms with E-state index in [0.29, 0.717) is 17.8 Å². The number of carbonyl (C=O) groups excluding carboxylic acids is 2. The Morgan fingerprint density at radius 3 is 2.54 bits per heavy atom. The molecule has 144 valence electrons. The van der Waals surface area contributed by atoms with Crippen LogP contribution in [-0.2, 0) is 16.1 Å². The predicted molar refractivity (Wildman–Crippen MR) is 112 cm³/mol. The highest BCUT2D eigenvalue weighted by Gasteiger charge is 2.16. The Bertz CT molecular complexity index is 937. The number of likely N-dealkylation sites (N-methyl/N-ethyl adjacent to an activating group) is 1. The largest absolute Gasteiger partial charge is 0.452 e. The maximum absolute atomic E-state index is 12.5. The number of rotatable bonds is 7. The Morgan fingerprint density at radius 2 is 1.82 bits per heavy atom. The lowest BCUT2D eigenvalue weighted by molar-refractivity contribution is -0.133. The molecule has 3 aromatic rings. The number of ether oxygens (including phenoxy) is 1. The molecule has 1 N–H and O–H groups in total. The van der Waals surface area contributed by atoms with E-state index in [-0.39, 0.29) is 12.5 Å². The maximum atomic E-state index is 12.5. The van der Waals surface area contributed by atoms with E-state index in [9.17, 15) is 9.59 Å². The Labute approximate surface area is 168 Å². The van der Waals surface area contributed by atoms with Gasteiger partial charge in [0.2, 0.25) is 0 Å². The summed E-state index contributed by atoms with van der Waals surface area (Å²) in [6.07, 6.45) is 0. The minimum Gasteiger partial charge on any atom is -0.452 e. The molecular formula is C22H22N2O3S. The molecule has 0 aliphatic rings. The SMILES string of the molecule is Cc1ccc(Nc2ccccc2C(=O)OCC(=O)N(C)Cc2ccsc2)cc1. The van der Waals surface area contributed by atoms with Crippen molar-refractivity contribution in [2.75, 3.05) is 19.0 Å². The highest BCUT2D eigenvalue weighted by molar-refractivity contribution is 7.07. The first-order valence-corrected chi connectivity index (χ1v) is 9.82. The molecule has 1 amide bonds. The predicted octanol–water partition coefficient (Wildman–Crippen LogP) is 4.62. The lowest BCUT2D eigenvalue weighted by Crippen LogP contribution is -2.30. The van der Waals surface area contributed by atoms with Crippen molar-refractivity contribution in [1.82, 2.24) is 4.90 Å². The van der Waals surface area contributed by atoms with Crippen molar-refractivity contribution in [1.29, 1.82) is 0 Å². The zero-order chi connectivity index (χ0) is 19.9. The number of amides is 1. The molecule has 0 bridgehead atoms. The van der Waals surface area contributed by atoms with Gasteiger partial charge in [-0.2, -0.15) is 11.3 Å². The van der Waals surface area contributed by atoms with Gasteiger partial charge in [-0.15, -0.1) is 0 Å². The summed E-state index contributed by atoms with van der Waals surface area (Å²) < 4.78 is 5.26. The lowest BCUT2D eigenvalue weighted by Gasteiger charge is -2.17. The molecular weight excluding hydrogens is 372 g/mol. The molecule has 0 fully saturated rings. The van der Waals surface area contributed by atoms with E-state index >= 15 is 0 Å². The third-order valence-corrected chi connectivity index (χ3v) is 4.96. The van der Waals surface area contributed by atoms with E-state index in [0.717, 1.165) is 16.8 Å². The average molecular weight is 394 g/mol. The van der Waals surface area contributed by atoms with Crippen LogP contribution in [0.5, 0.6) is 0 Å². The summed E-state index contributed by atoms with van der Waals surface area (Å²) in [6, 6.07) is 16.9. The van der Waals surface area contributed by atoms with Gasteiger partial charge in [0.05, 0.1) is 11.3 Å². The molecule has 0 saturated carbocycles. The van der Waals surface area contributed by atoms with Gasteiger partial charge < -0.3 is 15.0 Å². The summed E-state index contributed by atoms with van der Waals surface area (Å²) in [6.45, 7) is 2.21. The molecule has 1 aromatic heterocycles. The second-order valence-electron chi connectivity index (χ2n) is 6.49. The summed E-state index contributed by atoms with van der Waals surface area (Å²) >= 11 is 1.58. The van der Waals surface area contributed by atoms with Crippen molar-refractivity contribution in [2.24, 2.45) is 0 Å². The number of nitrogens with one attached hydrogen (secondary N) is 1. The minimum atomic E-state index is -0.535. The van der Waals surface area contributed by atoms with Crippen LogP contribution in [0.1, 0.15) is 21.5 Å². The average Bonchev–Trinajstić information content (AvgIpc) is 3.21. The minimum absolute atomic E-state index is 0.247. The Hall–Kier alpha value is -3.12. The van der Waals surface area contributed by atoms with Crippen LogP contribution in [0.2, 0.25) is 0 Å². The third-order valence-electron chi connectivity index (χ3n) is 4.23. The van der Waals surface area contributed by atoms with Gasteiger partial charge in [-0.3, -0.25) is 4.79 Å². The van der Waals surface area contributed by atoms with Gasteiger partial charge >= 0.3 is 5.97 Å². The molecule has 0 aliphatic heterocycles. The molecule has 0 radical (unpaired) electrons. The summed E-state index contributed by atoms with van der Waals surface area (Å²) in [7, 11) is 1.70. The van der Waals surface area contributed by atoms with Gasteiger partial charge in [0.1, 0.15) is 0 Å². The number of thiophene rings is 1. The van der Waals surface area contributed by atoms with E-state index in [4.69, 9.17) is 4.74 Å². The number of hydrogen-bond acceptors (Lipinski definition) is 5. The number of benzene rings is 2. The molecule has 0 atom stereocenters. The van der Waals surface area contributed by atoms with Gasteiger partial charge in [0, 0.05) is 19.3 Å². The number of carbonyl (C=O) groups is 2. The van der Waals surface area contributed by atoms with E-state index in [1.807, 2.05) is 54.1 Å². The zero-order valence-electron chi connectivity index (χ0n) is 15.8. The smallest absolute Gasteiger partial charge is 0.340 e. The van der Waals surface area contributed by atoms with Crippen molar-refractivity contribution in [3.05, 3.63) is 82.0 Å². The van der Waals surface area contributed by atoms with Crippen molar-refractivity contribution < 1.29 is 14.3 Å². The second kappa shape index (κ2) is 9.19. The monoisotopic (exact) mass is 394 g/mol. The summed E-state index contributed by atoms with van der Waals surface area (Å²) in [4.78, 5) is 26.3. The van der Waals surface area contributed by atoms with Gasteiger partial charge in [0.25, 0.3) is 5.91 Å². The van der Waals surface area contributed by atoms with Gasteiger partial charge in [-0.1, -0.05) is 29.8 Å². The van der Waals surface area contributed by atoms with E-state index in [2.05, 4.69) is 5.32 Å². The molecule has 0 spiro atoms. The Balaban J connectivity index is 1.61.